The Morgan fingerprint density at radius 3 is 0.773 bits per heavy atom. The molecule has 0 aromatic carbocycles. The van der Waals surface area contributed by atoms with Crippen molar-refractivity contribution in [1.29, 1.82) is 0 Å². The Labute approximate surface area is 254 Å². The summed E-state index contributed by atoms with van der Waals surface area (Å²) in [6.07, 6.45) is 3.91. The van der Waals surface area contributed by atoms with Gasteiger partial charge in [0.05, 0.1) is 26.2 Å². The van der Waals surface area contributed by atoms with E-state index in [1.807, 2.05) is 0 Å². The summed E-state index contributed by atoms with van der Waals surface area (Å²) < 4.78 is 0. The zero-order chi connectivity index (χ0) is 31.4. The van der Waals surface area contributed by atoms with Gasteiger partial charge in [-0.1, -0.05) is 0 Å². The van der Waals surface area contributed by atoms with Crippen molar-refractivity contribution in [3.05, 3.63) is 0 Å². The van der Waals surface area contributed by atoms with E-state index in [1.54, 1.807) is 0 Å². The highest BCUT2D eigenvalue weighted by molar-refractivity contribution is 5.97. The van der Waals surface area contributed by atoms with Gasteiger partial charge in [-0.2, -0.15) is 0 Å². The van der Waals surface area contributed by atoms with E-state index in [9.17, 15) is 38.4 Å². The van der Waals surface area contributed by atoms with Crippen LogP contribution in [0.25, 0.3) is 0 Å². The monoisotopic (exact) mass is 616 g/mol. The molecule has 44 heavy (non-hydrogen) atoms. The summed E-state index contributed by atoms with van der Waals surface area (Å²) in [4.78, 5) is 110. The van der Waals surface area contributed by atoms with Crippen molar-refractivity contribution in [2.24, 2.45) is 0 Å². The fraction of sp³-hybridized carbons (Fsp3) is 0.714. The summed E-state index contributed by atoms with van der Waals surface area (Å²) in [5, 5.41) is 10.4. The number of carbonyl (C=O) groups is 8. The molecule has 16 heteroatoms. The summed E-state index contributed by atoms with van der Waals surface area (Å²) in [6.45, 7) is -0.139. The molecule has 0 bridgehead atoms. The Hall–Kier alpha value is -4.24. The van der Waals surface area contributed by atoms with Gasteiger partial charge in [-0.25, -0.2) is 0 Å². The number of amides is 8. The molecule has 5 heterocycles. The lowest BCUT2D eigenvalue weighted by Crippen LogP contribution is -2.55. The molecular weight excluding hydrogens is 576 g/mol. The SMILES string of the molecule is O=C1NCC(=O)N2CCCC2C(=O)NCC(=O)N2CCCC2C(=O)NCC(=O)N2CCCC2C(=O)NCC(=O)N2CCCC12. The van der Waals surface area contributed by atoms with E-state index in [4.69, 9.17) is 0 Å². The zero-order valence-electron chi connectivity index (χ0n) is 24.7. The van der Waals surface area contributed by atoms with E-state index in [0.717, 1.165) is 0 Å². The predicted molar refractivity (Wildman–Crippen MR) is 151 cm³/mol. The molecule has 5 saturated heterocycles. The molecule has 0 radical (unpaired) electrons. The summed E-state index contributed by atoms with van der Waals surface area (Å²) in [6, 6.07) is -3.21. The molecule has 0 aromatic heterocycles. The van der Waals surface area contributed by atoms with E-state index < -0.39 is 71.4 Å². The molecule has 5 aliphatic heterocycles. The van der Waals surface area contributed by atoms with E-state index in [-0.39, 0.29) is 26.2 Å². The number of hydrogen-bond donors (Lipinski definition) is 4. The van der Waals surface area contributed by atoms with Crippen LogP contribution in [0, 0.1) is 0 Å². The van der Waals surface area contributed by atoms with Crippen molar-refractivity contribution in [2.75, 3.05) is 52.4 Å². The predicted octanol–water partition coefficient (Wildman–Crippen LogP) is -3.57. The second-order valence-electron chi connectivity index (χ2n) is 11.9. The van der Waals surface area contributed by atoms with Gasteiger partial charge in [-0.3, -0.25) is 38.4 Å². The van der Waals surface area contributed by atoms with Crippen LogP contribution < -0.4 is 21.3 Å². The first-order valence-corrected chi connectivity index (χ1v) is 15.4. The maximum absolute atomic E-state index is 13.0. The smallest absolute Gasteiger partial charge is 0.243 e. The van der Waals surface area contributed by atoms with Gasteiger partial charge in [0.25, 0.3) is 0 Å². The van der Waals surface area contributed by atoms with Crippen LogP contribution in [0.3, 0.4) is 0 Å². The molecule has 0 spiro atoms. The van der Waals surface area contributed by atoms with Gasteiger partial charge < -0.3 is 40.9 Å². The minimum Gasteiger partial charge on any atom is -0.345 e. The minimum absolute atomic E-state index is 0.319. The molecule has 0 aliphatic carbocycles. The molecular formula is C28H40N8O8. The highest BCUT2D eigenvalue weighted by atomic mass is 16.2. The van der Waals surface area contributed by atoms with Crippen LogP contribution in [0.1, 0.15) is 51.4 Å². The standard InChI is InChI=1S/C28H40N8O8/c37-21-13-30-26(42)18-6-2-11-35(18)23(39)15-32-28(44)20-8-4-12-36(20)24(40)16-31-27(43)19-7-3-10-34(19)22(38)14-29-25(41)17-5-1-9-33(17)21/h17-20H,1-16H2,(H,29,41)(H,30,42)(H,31,43)(H,32,44). The molecule has 5 aliphatic rings. The molecule has 5 rings (SSSR count). The second kappa shape index (κ2) is 13.6. The summed E-state index contributed by atoms with van der Waals surface area (Å²) in [5.74, 6) is -3.79. The fourth-order valence-electron chi connectivity index (χ4n) is 6.88. The molecule has 0 saturated carbocycles. The van der Waals surface area contributed by atoms with Crippen LogP contribution in [0.15, 0.2) is 0 Å². The Kier molecular flexibility index (Phi) is 9.64. The molecule has 0 aromatic rings. The van der Waals surface area contributed by atoms with Gasteiger partial charge >= 0.3 is 0 Å². The van der Waals surface area contributed by atoms with Crippen LogP contribution in [0.4, 0.5) is 0 Å². The quantitative estimate of drug-likeness (QED) is 0.214. The van der Waals surface area contributed by atoms with Crippen molar-refractivity contribution in [1.82, 2.24) is 40.9 Å². The third-order valence-electron chi connectivity index (χ3n) is 9.16. The highest BCUT2D eigenvalue weighted by Crippen LogP contribution is 2.21. The molecule has 16 nitrogen and oxygen atoms in total. The van der Waals surface area contributed by atoms with Crippen molar-refractivity contribution in [2.45, 2.75) is 75.5 Å². The first-order valence-electron chi connectivity index (χ1n) is 15.4. The normalized spacial score (nSPS) is 30.2. The third-order valence-corrected chi connectivity index (χ3v) is 9.16. The first kappa shape index (κ1) is 31.2. The van der Waals surface area contributed by atoms with Crippen molar-refractivity contribution in [3.63, 3.8) is 0 Å². The van der Waals surface area contributed by atoms with E-state index >= 15 is 0 Å². The van der Waals surface area contributed by atoms with Gasteiger partial charge in [-0.15, -0.1) is 0 Å². The van der Waals surface area contributed by atoms with Crippen LogP contribution >= 0.6 is 0 Å². The Morgan fingerprint density at radius 1 is 0.364 bits per heavy atom. The van der Waals surface area contributed by atoms with Gasteiger partial charge in [0.15, 0.2) is 0 Å². The number of fused-ring (bicyclic) bond motifs is 4. The minimum atomic E-state index is -0.802. The lowest BCUT2D eigenvalue weighted by molar-refractivity contribution is -0.143. The first-order chi connectivity index (χ1) is 21.2. The molecule has 4 unspecified atom stereocenters. The number of nitrogens with one attached hydrogen (secondary N) is 4. The number of hydrogen-bond acceptors (Lipinski definition) is 8. The van der Waals surface area contributed by atoms with E-state index in [0.29, 0.717) is 77.5 Å². The van der Waals surface area contributed by atoms with Crippen molar-refractivity contribution >= 4 is 47.3 Å². The number of rotatable bonds is 0. The summed E-state index contributed by atoms with van der Waals surface area (Å²) in [7, 11) is 0. The van der Waals surface area contributed by atoms with E-state index in [1.165, 1.54) is 19.6 Å². The molecule has 5 fully saturated rings. The molecule has 240 valence electrons. The van der Waals surface area contributed by atoms with Gasteiger partial charge in [0.1, 0.15) is 24.2 Å². The number of carbonyl (C=O) groups excluding carboxylic acids is 8. The van der Waals surface area contributed by atoms with Crippen molar-refractivity contribution < 1.29 is 38.4 Å². The van der Waals surface area contributed by atoms with Crippen LogP contribution in [0.5, 0.6) is 0 Å². The summed E-state index contributed by atoms with van der Waals surface area (Å²) >= 11 is 0. The highest BCUT2D eigenvalue weighted by Gasteiger charge is 2.40. The third kappa shape index (κ3) is 6.63. The zero-order valence-corrected chi connectivity index (χ0v) is 24.7. The summed E-state index contributed by atoms with van der Waals surface area (Å²) in [5.41, 5.74) is 0. The average molecular weight is 617 g/mol. The van der Waals surface area contributed by atoms with Gasteiger partial charge in [0.2, 0.25) is 47.3 Å². The lowest BCUT2D eigenvalue weighted by atomic mass is 10.2. The van der Waals surface area contributed by atoms with Crippen LogP contribution in [0.2, 0.25) is 0 Å². The van der Waals surface area contributed by atoms with Gasteiger partial charge in [0, 0.05) is 26.2 Å². The Morgan fingerprint density at radius 2 is 0.568 bits per heavy atom. The average Bonchev–Trinajstić information content (AvgIpc) is 3.84. The molecule has 4 atom stereocenters. The fourth-order valence-corrected chi connectivity index (χ4v) is 6.88. The van der Waals surface area contributed by atoms with Gasteiger partial charge in [-0.05, 0) is 51.4 Å². The Bertz CT molecular complexity index is 954. The molecule has 8 amide bonds. The molecule has 4 N–H and O–H groups in total. The van der Waals surface area contributed by atoms with Crippen LogP contribution in [-0.2, 0) is 38.4 Å². The van der Waals surface area contributed by atoms with E-state index in [2.05, 4.69) is 21.3 Å². The maximum Gasteiger partial charge on any atom is 0.243 e. The van der Waals surface area contributed by atoms with Crippen LogP contribution in [-0.4, -0.2) is 143 Å². The second-order valence-corrected chi connectivity index (χ2v) is 11.9. The largest absolute Gasteiger partial charge is 0.345 e. The Balaban J connectivity index is 1.31. The number of nitrogens with zero attached hydrogens (tertiary/aromatic N) is 4. The topological polar surface area (TPSA) is 198 Å². The van der Waals surface area contributed by atoms with Crippen molar-refractivity contribution in [3.8, 4) is 0 Å². The lowest BCUT2D eigenvalue weighted by Gasteiger charge is -2.28. The maximum atomic E-state index is 13.0.